The molecule has 206 valence electrons. The molecule has 3 aromatic rings. The van der Waals surface area contributed by atoms with Crippen LogP contribution in [-0.2, 0) is 12.7 Å². The molecule has 13 heteroatoms. The Labute approximate surface area is 223 Å². The van der Waals surface area contributed by atoms with Crippen LogP contribution >= 0.6 is 0 Å². The summed E-state index contributed by atoms with van der Waals surface area (Å²) in [4.78, 5) is 19.8. The molecule has 0 aliphatic carbocycles. The highest BCUT2D eigenvalue weighted by molar-refractivity contribution is 6.11. The van der Waals surface area contributed by atoms with Crippen molar-refractivity contribution >= 4 is 23.5 Å². The fourth-order valence-corrected chi connectivity index (χ4v) is 4.01. The monoisotopic (exact) mass is 542 g/mol. The number of fused-ring (bicyclic) bond motifs is 5. The number of anilines is 1. The van der Waals surface area contributed by atoms with Gasteiger partial charge < -0.3 is 30.2 Å². The average molecular weight is 543 g/mol. The van der Waals surface area contributed by atoms with Crippen LogP contribution in [0, 0.1) is 5.41 Å². The second-order valence-corrected chi connectivity index (χ2v) is 9.16. The topological polar surface area (TPSA) is 121 Å². The predicted molar refractivity (Wildman–Crippen MR) is 141 cm³/mol. The van der Waals surface area contributed by atoms with E-state index in [-0.39, 0.29) is 34.9 Å². The molecule has 0 radical (unpaired) electrons. The molecule has 2 aromatic heterocycles. The number of nitrogens with zero attached hydrogens (tertiary/aromatic N) is 5. The van der Waals surface area contributed by atoms with Crippen LogP contribution in [-0.4, -0.2) is 70.6 Å². The largest absolute Gasteiger partial charge is 0.493 e. The van der Waals surface area contributed by atoms with E-state index >= 15 is 0 Å². The van der Waals surface area contributed by atoms with Crippen molar-refractivity contribution in [1.29, 1.82) is 5.41 Å². The number of allylic oxidation sites excluding steroid dienone is 1. The molecule has 1 aliphatic rings. The maximum atomic E-state index is 14.2. The van der Waals surface area contributed by atoms with Gasteiger partial charge in [-0.2, -0.15) is 13.2 Å². The van der Waals surface area contributed by atoms with Crippen molar-refractivity contribution in [2.75, 3.05) is 39.1 Å². The normalized spacial score (nSPS) is 14.5. The molecule has 0 saturated carbocycles. The van der Waals surface area contributed by atoms with Crippen molar-refractivity contribution in [3.05, 3.63) is 59.5 Å². The minimum atomic E-state index is -4.75. The highest BCUT2D eigenvalue weighted by atomic mass is 19.4. The highest BCUT2D eigenvalue weighted by Crippen LogP contribution is 2.39. The second kappa shape index (κ2) is 12.1. The zero-order chi connectivity index (χ0) is 28.0. The van der Waals surface area contributed by atoms with Crippen LogP contribution in [0.3, 0.4) is 0 Å². The number of carbonyl (C=O) groups excluding carboxylic acids is 1. The number of aryl methyl sites for hydroxylation is 1. The van der Waals surface area contributed by atoms with Crippen LogP contribution in [0.25, 0.3) is 17.1 Å². The van der Waals surface area contributed by atoms with Crippen molar-refractivity contribution in [2.45, 2.75) is 25.6 Å². The molecule has 0 fully saturated rings. The average Bonchev–Trinajstić information content (AvgIpc) is 3.36. The first kappa shape index (κ1) is 27.8. The van der Waals surface area contributed by atoms with Gasteiger partial charge in [0.25, 0.3) is 5.91 Å². The Kier molecular flexibility index (Phi) is 8.59. The van der Waals surface area contributed by atoms with E-state index in [4.69, 9.17) is 10.1 Å². The molecule has 0 unspecified atom stereocenters. The van der Waals surface area contributed by atoms with Crippen molar-refractivity contribution in [2.24, 2.45) is 0 Å². The lowest BCUT2D eigenvalue weighted by Crippen LogP contribution is -2.23. The van der Waals surface area contributed by atoms with Crippen molar-refractivity contribution < 1.29 is 22.7 Å². The number of likely N-dealkylation sites (N-methyl/N-ethyl adjacent to an activating group) is 1. The van der Waals surface area contributed by atoms with E-state index in [1.807, 2.05) is 23.6 Å². The summed E-state index contributed by atoms with van der Waals surface area (Å²) in [5.41, 5.74) is -0.969. The minimum Gasteiger partial charge on any atom is -0.493 e. The number of amides is 1. The van der Waals surface area contributed by atoms with Crippen LogP contribution in [0.15, 0.2) is 42.9 Å². The molecule has 0 spiro atoms. The van der Waals surface area contributed by atoms with E-state index in [9.17, 15) is 18.0 Å². The zero-order valence-electron chi connectivity index (χ0n) is 21.5. The van der Waals surface area contributed by atoms with Crippen molar-refractivity contribution in [1.82, 2.24) is 30.0 Å². The molecule has 1 aliphatic heterocycles. The summed E-state index contributed by atoms with van der Waals surface area (Å²) in [6.45, 7) is 1.74. The number of nitrogens with one attached hydrogen (secondary N) is 3. The van der Waals surface area contributed by atoms with Gasteiger partial charge in [0.2, 0.25) is 0 Å². The summed E-state index contributed by atoms with van der Waals surface area (Å²) in [6, 6.07) is 6.93. The van der Waals surface area contributed by atoms with Gasteiger partial charge in [0, 0.05) is 37.6 Å². The Morgan fingerprint density at radius 2 is 2.10 bits per heavy atom. The van der Waals surface area contributed by atoms with Crippen LogP contribution < -0.4 is 15.4 Å². The van der Waals surface area contributed by atoms with Crippen LogP contribution in [0.4, 0.5) is 19.0 Å². The van der Waals surface area contributed by atoms with E-state index in [1.54, 1.807) is 24.5 Å². The number of hydrogen-bond donors (Lipinski definition) is 3. The summed E-state index contributed by atoms with van der Waals surface area (Å²) in [7, 11) is 3.74. The molecule has 0 atom stereocenters. The summed E-state index contributed by atoms with van der Waals surface area (Å²) in [5.74, 6) is -0.187. The lowest BCUT2D eigenvalue weighted by atomic mass is 9.96. The molecule has 1 amide bonds. The number of aromatic nitrogens is 4. The number of hydrogen-bond acceptors (Lipinski definition) is 8. The number of benzene rings is 1. The molecule has 0 saturated heterocycles. The van der Waals surface area contributed by atoms with Crippen LogP contribution in [0.5, 0.6) is 5.75 Å². The van der Waals surface area contributed by atoms with E-state index in [2.05, 4.69) is 25.8 Å². The molecule has 39 heavy (non-hydrogen) atoms. The van der Waals surface area contributed by atoms with E-state index in [1.165, 1.54) is 6.20 Å². The zero-order valence-corrected chi connectivity index (χ0v) is 21.5. The summed E-state index contributed by atoms with van der Waals surface area (Å²) in [6.07, 6.45) is 0.131. The molecule has 3 N–H and O–H groups in total. The first-order valence-corrected chi connectivity index (χ1v) is 12.3. The van der Waals surface area contributed by atoms with Gasteiger partial charge in [-0.3, -0.25) is 4.79 Å². The van der Waals surface area contributed by atoms with Gasteiger partial charge in [-0.1, -0.05) is 6.07 Å². The van der Waals surface area contributed by atoms with Crippen molar-refractivity contribution in [3.8, 4) is 17.3 Å². The molecular weight excluding hydrogens is 513 g/mol. The Hall–Kier alpha value is -4.26. The molecular formula is C26H29F3N8O2. The first-order valence-electron chi connectivity index (χ1n) is 12.3. The quantitative estimate of drug-likeness (QED) is 0.319. The number of carbonyl (C=O) groups is 1. The molecule has 10 nitrogen and oxygen atoms in total. The maximum absolute atomic E-state index is 14.2. The minimum absolute atomic E-state index is 0.0319. The van der Waals surface area contributed by atoms with Gasteiger partial charge in [-0.15, -0.1) is 10.2 Å². The van der Waals surface area contributed by atoms with Crippen LogP contribution in [0.2, 0.25) is 0 Å². The Morgan fingerprint density at radius 1 is 1.28 bits per heavy atom. The fraction of sp³-hybridized carbons (Fsp3) is 0.346. The standard InChI is InChI=1S/C26H29F3N8O2/c1-36(2)10-8-31-15-17(14-30)18-12-19-22(13-20(18)26(27,28)29)39-11-4-3-9-37-16-32-35-24(37)21-6-5-7-23(33-21)34-25(19)38/h5-7,12-16,30-31H,3-4,8-11H2,1-2H3,(H,33,34,38)/b17-15+,30-14?. The Balaban J connectivity index is 1.78. The smallest absolute Gasteiger partial charge is 0.417 e. The Bertz CT molecular complexity index is 1370. The van der Waals surface area contributed by atoms with E-state index in [0.717, 1.165) is 18.3 Å². The third-order valence-electron chi connectivity index (χ3n) is 5.98. The predicted octanol–water partition coefficient (Wildman–Crippen LogP) is 3.93. The number of alkyl halides is 3. The third kappa shape index (κ3) is 6.79. The van der Waals surface area contributed by atoms with Gasteiger partial charge >= 0.3 is 6.18 Å². The number of ether oxygens (including phenoxy) is 1. The van der Waals surface area contributed by atoms with E-state index in [0.29, 0.717) is 44.0 Å². The fourth-order valence-electron chi connectivity index (χ4n) is 4.01. The lowest BCUT2D eigenvalue weighted by molar-refractivity contribution is -0.137. The van der Waals surface area contributed by atoms with Crippen molar-refractivity contribution in [3.63, 3.8) is 0 Å². The lowest BCUT2D eigenvalue weighted by Gasteiger charge is -2.19. The number of halogens is 3. The third-order valence-corrected chi connectivity index (χ3v) is 5.98. The summed E-state index contributed by atoms with van der Waals surface area (Å²) >= 11 is 0. The molecule has 2 bridgehead atoms. The number of rotatable bonds is 6. The van der Waals surface area contributed by atoms with E-state index < -0.39 is 17.6 Å². The van der Waals surface area contributed by atoms with Gasteiger partial charge in [-0.25, -0.2) is 4.98 Å². The molecule has 4 rings (SSSR count). The maximum Gasteiger partial charge on any atom is 0.417 e. The van der Waals surface area contributed by atoms with Crippen LogP contribution in [0.1, 0.15) is 34.3 Å². The molecule has 3 heterocycles. The Morgan fingerprint density at radius 3 is 2.85 bits per heavy atom. The van der Waals surface area contributed by atoms with Gasteiger partial charge in [-0.05, 0) is 56.8 Å². The number of pyridine rings is 1. The first-order chi connectivity index (χ1) is 18.7. The summed E-state index contributed by atoms with van der Waals surface area (Å²) < 4.78 is 50.1. The SMILES string of the molecule is CN(C)CCN/C=C(\C=N)c1cc2c(cc1C(F)(F)F)OCCCCn1cnnc1-c1cccc(n1)NC2=O. The van der Waals surface area contributed by atoms with Gasteiger partial charge in [0.15, 0.2) is 5.82 Å². The van der Waals surface area contributed by atoms with Gasteiger partial charge in [0.05, 0.1) is 17.7 Å². The summed E-state index contributed by atoms with van der Waals surface area (Å²) in [5, 5.41) is 21.5. The molecule has 1 aromatic carbocycles. The highest BCUT2D eigenvalue weighted by Gasteiger charge is 2.36. The van der Waals surface area contributed by atoms with Gasteiger partial charge in [0.1, 0.15) is 23.6 Å². The second-order valence-electron chi connectivity index (χ2n) is 9.16.